The Balaban J connectivity index is 0.000000765. The van der Waals surface area contributed by atoms with E-state index < -0.39 is 5.97 Å². The summed E-state index contributed by atoms with van der Waals surface area (Å²) >= 11 is 0. The van der Waals surface area contributed by atoms with Crippen LogP contribution < -0.4 is 4.74 Å². The van der Waals surface area contributed by atoms with Crippen LogP contribution in [0.2, 0.25) is 0 Å². The third-order valence-electron chi connectivity index (χ3n) is 3.97. The van der Waals surface area contributed by atoms with E-state index in [1.807, 2.05) is 24.4 Å². The van der Waals surface area contributed by atoms with Crippen LogP contribution in [0.25, 0.3) is 10.9 Å². The number of carboxylic acids is 1. The second-order valence-electron chi connectivity index (χ2n) is 6.78. The molecule has 0 saturated heterocycles. The summed E-state index contributed by atoms with van der Waals surface area (Å²) in [4.78, 5) is 26.0. The summed E-state index contributed by atoms with van der Waals surface area (Å²) in [6, 6.07) is 6.78. The van der Waals surface area contributed by atoms with E-state index in [0.29, 0.717) is 17.8 Å². The van der Waals surface area contributed by atoms with Crippen LogP contribution in [-0.4, -0.2) is 45.6 Å². The number of H-pyrrole nitrogens is 1. The average Bonchev–Trinajstić information content (AvgIpc) is 2.90. The molecular weight excluding hydrogens is 332 g/mol. The third-order valence-corrected chi connectivity index (χ3v) is 3.97. The van der Waals surface area contributed by atoms with Gasteiger partial charge in [-0.1, -0.05) is 6.07 Å². The first-order valence-corrected chi connectivity index (χ1v) is 8.86. The number of benzene rings is 1. The maximum atomic E-state index is 11.3. The number of carbonyl (C=O) groups excluding carboxylic acids is 1. The van der Waals surface area contributed by atoms with Gasteiger partial charge in [0.2, 0.25) is 0 Å². The van der Waals surface area contributed by atoms with Crippen molar-refractivity contribution in [3.63, 3.8) is 0 Å². The van der Waals surface area contributed by atoms with Crippen LogP contribution in [-0.2, 0) is 16.0 Å². The number of aromatic amines is 1. The number of nitrogens with zero attached hydrogens (tertiary/aromatic N) is 1. The van der Waals surface area contributed by atoms with Crippen molar-refractivity contribution in [3.05, 3.63) is 30.0 Å². The van der Waals surface area contributed by atoms with Gasteiger partial charge in [0.15, 0.2) is 0 Å². The molecule has 26 heavy (non-hydrogen) atoms. The van der Waals surface area contributed by atoms with Gasteiger partial charge in [0.25, 0.3) is 5.97 Å². The Morgan fingerprint density at radius 1 is 1.15 bits per heavy atom. The third kappa shape index (κ3) is 6.52. The largest absolute Gasteiger partial charge is 0.481 e. The van der Waals surface area contributed by atoms with Gasteiger partial charge in [-0.2, -0.15) is 0 Å². The van der Waals surface area contributed by atoms with E-state index in [9.17, 15) is 4.79 Å². The second-order valence-corrected chi connectivity index (χ2v) is 6.78. The first kappa shape index (κ1) is 21.7. The number of fused-ring (bicyclic) bond motifs is 1. The Hall–Kier alpha value is -2.34. The number of carbonyl (C=O) groups is 2. The Bertz CT molecular complexity index is 722. The van der Waals surface area contributed by atoms with Crippen LogP contribution in [0.3, 0.4) is 0 Å². The van der Waals surface area contributed by atoms with Crippen LogP contribution in [0.15, 0.2) is 24.4 Å². The van der Waals surface area contributed by atoms with Gasteiger partial charge < -0.3 is 14.8 Å². The molecule has 1 aromatic carbocycles. The SMILES string of the molecule is CC(=O)O.CC(=O)Oc1cccc2[nH]cc(CCN(C(C)C)C(C)C)c12. The highest BCUT2D eigenvalue weighted by atomic mass is 16.5. The summed E-state index contributed by atoms with van der Waals surface area (Å²) in [5, 5.41) is 8.44. The molecule has 1 aromatic heterocycles. The van der Waals surface area contributed by atoms with Gasteiger partial charge in [-0.05, 0) is 51.8 Å². The van der Waals surface area contributed by atoms with Crippen molar-refractivity contribution in [2.24, 2.45) is 0 Å². The molecule has 0 radical (unpaired) electrons. The van der Waals surface area contributed by atoms with Crippen LogP contribution in [0.4, 0.5) is 0 Å². The molecule has 0 amide bonds. The molecule has 0 fully saturated rings. The lowest BCUT2D eigenvalue weighted by Crippen LogP contribution is -2.38. The van der Waals surface area contributed by atoms with Crippen LogP contribution in [0, 0.1) is 0 Å². The zero-order valence-corrected chi connectivity index (χ0v) is 16.5. The molecule has 6 nitrogen and oxygen atoms in total. The number of carboxylic acid groups (broad SMARTS) is 1. The lowest BCUT2D eigenvalue weighted by atomic mass is 10.1. The highest BCUT2D eigenvalue weighted by molar-refractivity contribution is 5.91. The van der Waals surface area contributed by atoms with Crippen molar-refractivity contribution in [1.29, 1.82) is 0 Å². The summed E-state index contributed by atoms with van der Waals surface area (Å²) in [5.41, 5.74) is 2.20. The molecule has 2 aromatic rings. The quantitative estimate of drug-likeness (QED) is 0.602. The number of rotatable bonds is 6. The fourth-order valence-electron chi connectivity index (χ4n) is 3.02. The Kier molecular flexibility index (Phi) is 8.32. The van der Waals surface area contributed by atoms with E-state index in [4.69, 9.17) is 14.6 Å². The number of aliphatic carboxylic acids is 1. The maximum Gasteiger partial charge on any atom is 0.308 e. The summed E-state index contributed by atoms with van der Waals surface area (Å²) in [6.07, 6.45) is 2.95. The van der Waals surface area contributed by atoms with Crippen molar-refractivity contribution in [2.45, 2.75) is 60.0 Å². The molecule has 0 spiro atoms. The minimum atomic E-state index is -0.833. The van der Waals surface area contributed by atoms with E-state index in [2.05, 4.69) is 37.6 Å². The number of ether oxygens (including phenoxy) is 1. The van der Waals surface area contributed by atoms with Crippen LogP contribution in [0.1, 0.15) is 47.1 Å². The topological polar surface area (TPSA) is 82.6 Å². The Morgan fingerprint density at radius 2 is 1.73 bits per heavy atom. The molecular formula is C20H30N2O4. The molecule has 0 bridgehead atoms. The summed E-state index contributed by atoms with van der Waals surface area (Å²) in [7, 11) is 0. The predicted molar refractivity (Wildman–Crippen MR) is 104 cm³/mol. The van der Waals surface area contributed by atoms with Gasteiger partial charge in [0, 0.05) is 49.6 Å². The molecule has 0 aliphatic rings. The van der Waals surface area contributed by atoms with E-state index in [0.717, 1.165) is 30.8 Å². The van der Waals surface area contributed by atoms with E-state index in [1.54, 1.807) is 0 Å². The molecule has 144 valence electrons. The van der Waals surface area contributed by atoms with Gasteiger partial charge >= 0.3 is 5.97 Å². The number of nitrogens with one attached hydrogen (secondary N) is 1. The number of esters is 1. The summed E-state index contributed by atoms with van der Waals surface area (Å²) in [5.74, 6) is -0.479. The number of hydrogen-bond donors (Lipinski definition) is 2. The fourth-order valence-corrected chi connectivity index (χ4v) is 3.02. The minimum Gasteiger partial charge on any atom is -0.481 e. The van der Waals surface area contributed by atoms with Crippen molar-refractivity contribution in [1.82, 2.24) is 9.88 Å². The normalized spacial score (nSPS) is 11.0. The molecule has 0 aliphatic carbocycles. The summed E-state index contributed by atoms with van der Waals surface area (Å²) in [6.45, 7) is 12.4. The van der Waals surface area contributed by atoms with Gasteiger partial charge in [0.05, 0.1) is 0 Å². The van der Waals surface area contributed by atoms with Gasteiger partial charge in [-0.25, -0.2) is 0 Å². The Labute approximate surface area is 155 Å². The van der Waals surface area contributed by atoms with Crippen LogP contribution >= 0.6 is 0 Å². The molecule has 0 aliphatic heterocycles. The lowest BCUT2D eigenvalue weighted by molar-refractivity contribution is -0.134. The fraction of sp³-hybridized carbons (Fsp3) is 0.500. The minimum absolute atomic E-state index is 0.286. The van der Waals surface area contributed by atoms with E-state index in [-0.39, 0.29) is 5.97 Å². The van der Waals surface area contributed by atoms with Crippen molar-refractivity contribution < 1.29 is 19.4 Å². The molecule has 2 rings (SSSR count). The number of aromatic nitrogens is 1. The molecule has 2 N–H and O–H groups in total. The maximum absolute atomic E-state index is 11.3. The first-order valence-electron chi connectivity index (χ1n) is 8.86. The predicted octanol–water partition coefficient (Wildman–Crippen LogP) is 3.85. The van der Waals surface area contributed by atoms with Crippen molar-refractivity contribution in [2.75, 3.05) is 6.54 Å². The van der Waals surface area contributed by atoms with E-state index >= 15 is 0 Å². The van der Waals surface area contributed by atoms with E-state index in [1.165, 1.54) is 12.5 Å². The lowest BCUT2D eigenvalue weighted by Gasteiger charge is -2.30. The first-order chi connectivity index (χ1) is 12.1. The zero-order valence-electron chi connectivity index (χ0n) is 16.5. The van der Waals surface area contributed by atoms with Gasteiger partial charge in [-0.3, -0.25) is 14.5 Å². The van der Waals surface area contributed by atoms with Gasteiger partial charge in [0.1, 0.15) is 5.75 Å². The van der Waals surface area contributed by atoms with Crippen molar-refractivity contribution >= 4 is 22.8 Å². The molecule has 6 heteroatoms. The molecule has 0 atom stereocenters. The summed E-state index contributed by atoms with van der Waals surface area (Å²) < 4.78 is 5.36. The zero-order chi connectivity index (χ0) is 19.9. The van der Waals surface area contributed by atoms with Crippen LogP contribution in [0.5, 0.6) is 5.75 Å². The Morgan fingerprint density at radius 3 is 2.23 bits per heavy atom. The smallest absolute Gasteiger partial charge is 0.308 e. The second kappa shape index (κ2) is 9.97. The average molecular weight is 362 g/mol. The molecule has 1 heterocycles. The van der Waals surface area contributed by atoms with Crippen molar-refractivity contribution in [3.8, 4) is 5.75 Å². The molecule has 0 saturated carbocycles. The monoisotopic (exact) mass is 362 g/mol. The highest BCUT2D eigenvalue weighted by Gasteiger charge is 2.16. The van der Waals surface area contributed by atoms with Gasteiger partial charge in [-0.15, -0.1) is 0 Å². The standard InChI is InChI=1S/C18H26N2O2.C2H4O2/c1-12(2)20(13(3)4)10-9-15-11-19-16-7-6-8-17(18(15)16)22-14(5)21;1-2(3)4/h6-8,11-13,19H,9-10H2,1-5H3;1H3,(H,3,4). The molecule has 0 unspecified atom stereocenters. The highest BCUT2D eigenvalue weighted by Crippen LogP contribution is 2.29. The number of hydrogen-bond acceptors (Lipinski definition) is 4.